The molecule has 42 heavy (non-hydrogen) atoms. The van der Waals surface area contributed by atoms with Crippen LogP contribution in [-0.4, -0.2) is 61.4 Å². The van der Waals surface area contributed by atoms with Gasteiger partial charge in [-0.3, -0.25) is 9.59 Å². The number of hydrogen-bond donors (Lipinski definition) is 1. The average molecular weight is 600 g/mol. The van der Waals surface area contributed by atoms with Gasteiger partial charge in [-0.2, -0.15) is 0 Å². The van der Waals surface area contributed by atoms with Gasteiger partial charge in [-0.1, -0.05) is 86.7 Å². The van der Waals surface area contributed by atoms with Gasteiger partial charge in [0.1, 0.15) is 6.04 Å². The minimum atomic E-state index is -3.92. The highest BCUT2D eigenvalue weighted by atomic mass is 32.2. The van der Waals surface area contributed by atoms with E-state index >= 15 is 0 Å². The first-order valence-corrected chi connectivity index (χ1v) is 16.6. The highest BCUT2D eigenvalue weighted by Gasteiger charge is 2.38. The zero-order valence-electron chi connectivity index (χ0n) is 25.0. The Morgan fingerprint density at radius 3 is 2.38 bits per heavy atom. The molecule has 0 aromatic heterocycles. The molecular formula is C32H45N3O6S. The third-order valence-electron chi connectivity index (χ3n) is 6.97. The minimum Gasteiger partial charge on any atom is -0.350 e. The lowest BCUT2D eigenvalue weighted by Gasteiger charge is -2.38. The van der Waals surface area contributed by atoms with Gasteiger partial charge >= 0.3 is 0 Å². The molecule has 1 aliphatic rings. The minimum absolute atomic E-state index is 0.0416. The monoisotopic (exact) mass is 599 g/mol. The van der Waals surface area contributed by atoms with E-state index < -0.39 is 34.2 Å². The molecule has 0 saturated carbocycles. The highest BCUT2D eigenvalue weighted by molar-refractivity contribution is 7.88. The first kappa shape index (κ1) is 33.5. The average Bonchev–Trinajstić information content (AvgIpc) is 2.98. The van der Waals surface area contributed by atoms with Crippen molar-refractivity contribution in [3.05, 3.63) is 77.9 Å². The molecule has 10 heteroatoms. The third-order valence-corrected chi connectivity index (χ3v) is 8.09. The second-order valence-electron chi connectivity index (χ2n) is 11.0. The van der Waals surface area contributed by atoms with Crippen LogP contribution in [-0.2, 0) is 35.6 Å². The Morgan fingerprint density at radius 1 is 1.07 bits per heavy atom. The van der Waals surface area contributed by atoms with Gasteiger partial charge in [-0.05, 0) is 55.6 Å². The van der Waals surface area contributed by atoms with Gasteiger partial charge in [0.15, 0.2) is 6.29 Å². The molecule has 2 aromatic carbocycles. The SMILES string of the molecule is CC(C)CCC(=O)N(C(CC=Cc1ccccc1)C(=O)NO[C@H]1CCCCO1)N(CCCc1ccccc1)S(C)(=O)=O. The highest BCUT2D eigenvalue weighted by Crippen LogP contribution is 2.20. The molecule has 0 bridgehead atoms. The number of hydrazine groups is 1. The van der Waals surface area contributed by atoms with Crippen molar-refractivity contribution in [3.63, 3.8) is 0 Å². The van der Waals surface area contributed by atoms with Gasteiger partial charge in [0, 0.05) is 26.0 Å². The lowest BCUT2D eigenvalue weighted by molar-refractivity contribution is -0.204. The van der Waals surface area contributed by atoms with Crippen molar-refractivity contribution in [3.8, 4) is 0 Å². The Hall–Kier alpha value is -3.05. The summed E-state index contributed by atoms with van der Waals surface area (Å²) in [5.41, 5.74) is 4.46. The number of rotatable bonds is 16. The number of hydrogen-bond acceptors (Lipinski definition) is 6. The molecule has 1 heterocycles. The number of benzene rings is 2. The molecule has 1 fully saturated rings. The Balaban J connectivity index is 1.91. The molecule has 230 valence electrons. The van der Waals surface area contributed by atoms with Gasteiger partial charge < -0.3 is 4.74 Å². The number of nitrogens with zero attached hydrogens (tertiary/aromatic N) is 2. The largest absolute Gasteiger partial charge is 0.350 e. The summed E-state index contributed by atoms with van der Waals surface area (Å²) in [6, 6.07) is 18.1. The second kappa shape index (κ2) is 17.2. The zero-order valence-corrected chi connectivity index (χ0v) is 25.8. The number of amides is 2. The van der Waals surface area contributed by atoms with Crippen molar-refractivity contribution in [2.24, 2.45) is 5.92 Å². The first-order valence-electron chi connectivity index (χ1n) is 14.8. The predicted molar refractivity (Wildman–Crippen MR) is 164 cm³/mol. The summed E-state index contributed by atoms with van der Waals surface area (Å²) in [6.45, 7) is 4.57. The van der Waals surface area contributed by atoms with Crippen LogP contribution >= 0.6 is 0 Å². The third kappa shape index (κ3) is 11.3. The first-order chi connectivity index (χ1) is 20.1. The maximum atomic E-state index is 13.8. The van der Waals surface area contributed by atoms with E-state index in [2.05, 4.69) is 5.48 Å². The summed E-state index contributed by atoms with van der Waals surface area (Å²) in [6.07, 6.45) is 8.38. The number of aryl methyl sites for hydroxylation is 1. The van der Waals surface area contributed by atoms with E-state index in [9.17, 15) is 18.0 Å². The van der Waals surface area contributed by atoms with Crippen LogP contribution in [0.5, 0.6) is 0 Å². The van der Waals surface area contributed by atoms with Gasteiger partial charge in [-0.25, -0.2) is 23.7 Å². The Labute approximate surface area is 250 Å². The van der Waals surface area contributed by atoms with Gasteiger partial charge in [-0.15, -0.1) is 4.41 Å². The molecule has 0 radical (unpaired) electrons. The number of hydroxylamine groups is 1. The van der Waals surface area contributed by atoms with Crippen LogP contribution in [0, 0.1) is 5.92 Å². The number of ether oxygens (including phenoxy) is 1. The maximum Gasteiger partial charge on any atom is 0.268 e. The van der Waals surface area contributed by atoms with E-state index in [1.165, 1.54) is 0 Å². The summed E-state index contributed by atoms with van der Waals surface area (Å²) in [4.78, 5) is 33.1. The molecule has 0 aliphatic carbocycles. The number of carbonyl (C=O) groups excluding carboxylic acids is 2. The number of nitrogens with one attached hydrogen (secondary N) is 1. The van der Waals surface area contributed by atoms with Crippen LogP contribution in [0.25, 0.3) is 6.08 Å². The molecule has 0 spiro atoms. The van der Waals surface area contributed by atoms with Gasteiger partial charge in [0.05, 0.1) is 6.26 Å². The van der Waals surface area contributed by atoms with Gasteiger partial charge in [0.2, 0.25) is 15.9 Å². The number of sulfonamides is 1. The molecule has 2 aromatic rings. The van der Waals surface area contributed by atoms with E-state index in [1.54, 1.807) is 6.08 Å². The topological polar surface area (TPSA) is 105 Å². The van der Waals surface area contributed by atoms with Crippen LogP contribution in [0.1, 0.15) is 69.9 Å². The smallest absolute Gasteiger partial charge is 0.268 e. The molecule has 2 amide bonds. The van der Waals surface area contributed by atoms with Crippen molar-refractivity contribution < 1.29 is 27.6 Å². The zero-order chi connectivity index (χ0) is 30.4. The van der Waals surface area contributed by atoms with Crippen LogP contribution in [0.4, 0.5) is 0 Å². The standard InChI is InChI=1S/C32H45N3O6S/c1-26(2)22-23-30(36)35(34(42(3,38)39)24-13-19-28-16-8-5-9-17-28)29(20-12-18-27-14-6-4-7-15-27)32(37)33-41-31-21-10-11-25-40-31/h4-9,12,14-18,26,29,31H,10-11,13,19-25H2,1-3H3,(H,33,37)/t29?,31-/m0/s1. The summed E-state index contributed by atoms with van der Waals surface area (Å²) in [5, 5.41) is 1.14. The van der Waals surface area contributed by atoms with Gasteiger partial charge in [0.25, 0.3) is 5.91 Å². The molecular weight excluding hydrogens is 554 g/mol. The van der Waals surface area contributed by atoms with Crippen molar-refractivity contribution in [1.82, 2.24) is 14.9 Å². The lowest BCUT2D eigenvalue weighted by Crippen LogP contribution is -2.59. The van der Waals surface area contributed by atoms with Crippen molar-refractivity contribution in [2.45, 2.75) is 77.5 Å². The van der Waals surface area contributed by atoms with E-state index in [-0.39, 0.29) is 25.3 Å². The maximum absolute atomic E-state index is 13.8. The Bertz CT molecular complexity index is 1230. The summed E-state index contributed by atoms with van der Waals surface area (Å²) in [7, 11) is -3.92. The fourth-order valence-electron chi connectivity index (χ4n) is 4.69. The quantitative estimate of drug-likeness (QED) is 0.269. The van der Waals surface area contributed by atoms with E-state index in [1.807, 2.05) is 80.6 Å². The van der Waals surface area contributed by atoms with E-state index in [0.717, 1.165) is 39.6 Å². The van der Waals surface area contributed by atoms with Crippen molar-refractivity contribution in [2.75, 3.05) is 19.4 Å². The van der Waals surface area contributed by atoms with E-state index in [0.29, 0.717) is 32.3 Å². The summed E-state index contributed by atoms with van der Waals surface area (Å²) >= 11 is 0. The summed E-state index contributed by atoms with van der Waals surface area (Å²) < 4.78 is 33.1. The number of carbonyl (C=O) groups is 2. The van der Waals surface area contributed by atoms with Crippen molar-refractivity contribution in [1.29, 1.82) is 0 Å². The Kier molecular flexibility index (Phi) is 13.7. The summed E-state index contributed by atoms with van der Waals surface area (Å²) in [5.74, 6) is -0.829. The fraction of sp³-hybridized carbons (Fsp3) is 0.500. The normalized spacial score (nSPS) is 16.5. The fourth-order valence-corrected chi connectivity index (χ4v) is 5.67. The van der Waals surface area contributed by atoms with E-state index in [4.69, 9.17) is 9.57 Å². The van der Waals surface area contributed by atoms with Crippen LogP contribution < -0.4 is 5.48 Å². The molecule has 1 unspecified atom stereocenters. The second-order valence-corrected chi connectivity index (χ2v) is 12.9. The lowest BCUT2D eigenvalue weighted by atomic mass is 10.1. The molecule has 3 rings (SSSR count). The van der Waals surface area contributed by atoms with Crippen LogP contribution in [0.2, 0.25) is 0 Å². The molecule has 1 aliphatic heterocycles. The predicted octanol–water partition coefficient (Wildman–Crippen LogP) is 5.11. The Morgan fingerprint density at radius 2 is 1.76 bits per heavy atom. The molecule has 2 atom stereocenters. The van der Waals surface area contributed by atoms with Crippen molar-refractivity contribution >= 4 is 27.9 Å². The molecule has 1 N–H and O–H groups in total. The molecule has 9 nitrogen and oxygen atoms in total. The van der Waals surface area contributed by atoms with Crippen LogP contribution in [0.15, 0.2) is 66.7 Å². The van der Waals surface area contributed by atoms with Crippen LogP contribution in [0.3, 0.4) is 0 Å². The molecule has 1 saturated heterocycles.